The Bertz CT molecular complexity index is 563. The fourth-order valence-corrected chi connectivity index (χ4v) is 3.80. The summed E-state index contributed by atoms with van der Waals surface area (Å²) in [5.41, 5.74) is -0.701. The molecule has 4 heteroatoms. The van der Waals surface area contributed by atoms with Crippen LogP contribution < -0.4 is 5.32 Å². The largest absolute Gasteiger partial charge is 0.339 e. The summed E-state index contributed by atoms with van der Waals surface area (Å²) >= 11 is 0. The Morgan fingerprint density at radius 2 is 1.76 bits per heavy atom. The summed E-state index contributed by atoms with van der Waals surface area (Å²) in [6, 6.07) is 9.58. The van der Waals surface area contributed by atoms with Gasteiger partial charge in [0.05, 0.1) is 0 Å². The molecule has 1 aromatic carbocycles. The molecule has 2 fully saturated rings. The molecular formula is C17H22N2O2. The van der Waals surface area contributed by atoms with Crippen molar-refractivity contribution in [2.75, 3.05) is 6.54 Å². The van der Waals surface area contributed by atoms with Crippen molar-refractivity contribution in [1.82, 2.24) is 10.2 Å². The van der Waals surface area contributed by atoms with Gasteiger partial charge in [-0.1, -0.05) is 43.2 Å². The molecule has 112 valence electrons. The lowest BCUT2D eigenvalue weighted by Crippen LogP contribution is -2.72. The van der Waals surface area contributed by atoms with Crippen molar-refractivity contribution >= 4 is 11.8 Å². The molecule has 1 saturated carbocycles. The van der Waals surface area contributed by atoms with E-state index in [1.54, 1.807) is 4.90 Å². The number of nitrogens with one attached hydrogen (secondary N) is 1. The third-order valence-electron chi connectivity index (χ3n) is 5.10. The van der Waals surface area contributed by atoms with Crippen LogP contribution in [0.15, 0.2) is 30.3 Å². The van der Waals surface area contributed by atoms with Crippen molar-refractivity contribution in [3.05, 3.63) is 35.9 Å². The Hall–Kier alpha value is -1.84. The van der Waals surface area contributed by atoms with Crippen LogP contribution in [0.1, 0.15) is 45.1 Å². The van der Waals surface area contributed by atoms with E-state index in [0.29, 0.717) is 6.54 Å². The van der Waals surface area contributed by atoms with Crippen molar-refractivity contribution in [1.29, 1.82) is 0 Å². The molecule has 1 N–H and O–H groups in total. The van der Waals surface area contributed by atoms with E-state index in [-0.39, 0.29) is 11.8 Å². The van der Waals surface area contributed by atoms with Crippen LogP contribution >= 0.6 is 0 Å². The van der Waals surface area contributed by atoms with Crippen molar-refractivity contribution < 1.29 is 9.59 Å². The topological polar surface area (TPSA) is 49.4 Å². The van der Waals surface area contributed by atoms with E-state index < -0.39 is 11.1 Å². The zero-order valence-electron chi connectivity index (χ0n) is 12.7. The first-order valence-electron chi connectivity index (χ1n) is 7.75. The molecule has 1 aromatic rings. The van der Waals surface area contributed by atoms with Crippen LogP contribution in [0, 0.1) is 0 Å². The molecule has 2 aliphatic rings. The molecule has 1 atom stereocenters. The molecule has 21 heavy (non-hydrogen) atoms. The highest BCUT2D eigenvalue weighted by Gasteiger charge is 2.57. The highest BCUT2D eigenvalue weighted by atomic mass is 16.2. The van der Waals surface area contributed by atoms with Crippen LogP contribution in [-0.4, -0.2) is 28.8 Å². The maximum atomic E-state index is 13.0. The van der Waals surface area contributed by atoms with Gasteiger partial charge in [-0.15, -0.1) is 0 Å². The van der Waals surface area contributed by atoms with Gasteiger partial charge in [-0.2, -0.15) is 0 Å². The van der Waals surface area contributed by atoms with Gasteiger partial charge in [-0.25, -0.2) is 0 Å². The third kappa shape index (κ3) is 1.88. The summed E-state index contributed by atoms with van der Waals surface area (Å²) in [5, 5.41) is 3.06. The molecule has 2 amide bonds. The lowest BCUT2D eigenvalue weighted by molar-refractivity contribution is -0.162. The Balaban J connectivity index is 2.06. The molecule has 1 spiro atoms. The maximum absolute atomic E-state index is 13.0. The Kier molecular flexibility index (Phi) is 3.27. The Labute approximate surface area is 125 Å². The average molecular weight is 286 g/mol. The van der Waals surface area contributed by atoms with Gasteiger partial charge in [0.1, 0.15) is 11.1 Å². The standard InChI is InChI=1S/C17H22N2O2/c1-3-19-15(21)17(11-7-8-12-17)18-14(20)16(19,2)13-9-5-4-6-10-13/h4-6,9-10H,3,7-8,11-12H2,1-2H3,(H,18,20). The van der Waals surface area contributed by atoms with Crippen molar-refractivity contribution in [3.63, 3.8) is 0 Å². The van der Waals surface area contributed by atoms with Crippen LogP contribution in [0.2, 0.25) is 0 Å². The minimum Gasteiger partial charge on any atom is -0.339 e. The molecule has 4 nitrogen and oxygen atoms in total. The second kappa shape index (κ2) is 4.86. The van der Waals surface area contributed by atoms with Crippen LogP contribution in [0.5, 0.6) is 0 Å². The van der Waals surface area contributed by atoms with Gasteiger partial charge in [-0.05, 0) is 32.3 Å². The van der Waals surface area contributed by atoms with Crippen LogP contribution in [0.25, 0.3) is 0 Å². The summed E-state index contributed by atoms with van der Waals surface area (Å²) < 4.78 is 0. The van der Waals surface area contributed by atoms with E-state index in [0.717, 1.165) is 31.2 Å². The lowest BCUT2D eigenvalue weighted by atomic mass is 9.81. The minimum absolute atomic E-state index is 0.0583. The summed E-state index contributed by atoms with van der Waals surface area (Å²) in [6.45, 7) is 4.33. The first-order valence-corrected chi connectivity index (χ1v) is 7.75. The summed E-state index contributed by atoms with van der Waals surface area (Å²) in [7, 11) is 0. The van der Waals surface area contributed by atoms with Gasteiger partial charge >= 0.3 is 0 Å². The highest BCUT2D eigenvalue weighted by Crippen LogP contribution is 2.41. The molecule has 1 aliphatic heterocycles. The number of nitrogens with zero attached hydrogens (tertiary/aromatic N) is 1. The van der Waals surface area contributed by atoms with E-state index in [1.807, 2.05) is 44.2 Å². The summed E-state index contributed by atoms with van der Waals surface area (Å²) in [6.07, 6.45) is 3.54. The lowest BCUT2D eigenvalue weighted by Gasteiger charge is -2.50. The number of carbonyl (C=O) groups excluding carboxylic acids is 2. The third-order valence-corrected chi connectivity index (χ3v) is 5.10. The normalized spacial score (nSPS) is 28.0. The molecule has 1 aliphatic carbocycles. The van der Waals surface area contributed by atoms with Crippen LogP contribution in [0.3, 0.4) is 0 Å². The second-order valence-corrected chi connectivity index (χ2v) is 6.23. The van der Waals surface area contributed by atoms with E-state index in [1.165, 1.54) is 0 Å². The first kappa shape index (κ1) is 14.1. The Morgan fingerprint density at radius 1 is 1.14 bits per heavy atom. The van der Waals surface area contributed by atoms with Gasteiger partial charge in [0.25, 0.3) is 5.91 Å². The number of piperazine rings is 1. The molecule has 0 bridgehead atoms. The number of likely N-dealkylation sites (N-methyl/N-ethyl adjacent to an activating group) is 1. The SMILES string of the molecule is CCN1C(=O)C2(CCCC2)NC(=O)C1(C)c1ccccc1. The van der Waals surface area contributed by atoms with Crippen LogP contribution in [0.4, 0.5) is 0 Å². The van der Waals surface area contributed by atoms with Gasteiger partial charge in [0.15, 0.2) is 0 Å². The van der Waals surface area contributed by atoms with Gasteiger partial charge in [0, 0.05) is 6.54 Å². The smallest absolute Gasteiger partial charge is 0.251 e. The molecule has 0 aromatic heterocycles. The first-order chi connectivity index (χ1) is 10.0. The molecule has 1 heterocycles. The van der Waals surface area contributed by atoms with Gasteiger partial charge in [-0.3, -0.25) is 9.59 Å². The predicted octanol–water partition coefficient (Wildman–Crippen LogP) is 2.19. The van der Waals surface area contributed by atoms with E-state index in [4.69, 9.17) is 0 Å². The minimum atomic E-state index is -0.916. The number of hydrogen-bond acceptors (Lipinski definition) is 2. The van der Waals surface area contributed by atoms with Crippen molar-refractivity contribution in [3.8, 4) is 0 Å². The maximum Gasteiger partial charge on any atom is 0.251 e. The highest BCUT2D eigenvalue weighted by molar-refractivity contribution is 6.02. The van der Waals surface area contributed by atoms with Gasteiger partial charge in [0.2, 0.25) is 5.91 Å². The van der Waals surface area contributed by atoms with Crippen molar-refractivity contribution in [2.45, 2.75) is 50.6 Å². The average Bonchev–Trinajstić information content (AvgIpc) is 2.96. The van der Waals surface area contributed by atoms with E-state index in [9.17, 15) is 9.59 Å². The second-order valence-electron chi connectivity index (χ2n) is 6.23. The van der Waals surface area contributed by atoms with Crippen LogP contribution in [-0.2, 0) is 15.1 Å². The number of rotatable bonds is 2. The molecule has 1 saturated heterocycles. The zero-order valence-corrected chi connectivity index (χ0v) is 12.7. The number of amides is 2. The zero-order chi connectivity index (χ0) is 15.1. The number of carbonyl (C=O) groups is 2. The fourth-order valence-electron chi connectivity index (χ4n) is 3.80. The number of hydrogen-bond donors (Lipinski definition) is 1. The van der Waals surface area contributed by atoms with E-state index >= 15 is 0 Å². The molecule has 0 radical (unpaired) electrons. The quantitative estimate of drug-likeness (QED) is 0.906. The van der Waals surface area contributed by atoms with E-state index in [2.05, 4.69) is 5.32 Å². The summed E-state index contributed by atoms with van der Waals surface area (Å²) in [4.78, 5) is 27.7. The number of benzene rings is 1. The molecule has 3 rings (SSSR count). The fraction of sp³-hybridized carbons (Fsp3) is 0.529. The Morgan fingerprint density at radius 3 is 2.33 bits per heavy atom. The van der Waals surface area contributed by atoms with Crippen molar-refractivity contribution in [2.24, 2.45) is 0 Å². The molecule has 1 unspecified atom stereocenters. The van der Waals surface area contributed by atoms with Gasteiger partial charge < -0.3 is 10.2 Å². The molecular weight excluding hydrogens is 264 g/mol. The summed E-state index contributed by atoms with van der Waals surface area (Å²) in [5.74, 6) is 0.0190. The predicted molar refractivity (Wildman–Crippen MR) is 80.5 cm³/mol. The monoisotopic (exact) mass is 286 g/mol.